The molecule has 0 bridgehead atoms. The summed E-state index contributed by atoms with van der Waals surface area (Å²) in [4.78, 5) is 11.1. The normalized spacial score (nSPS) is 16.2. The van der Waals surface area contributed by atoms with Crippen molar-refractivity contribution in [3.05, 3.63) is 58.7 Å². The van der Waals surface area contributed by atoms with Gasteiger partial charge in [-0.3, -0.25) is 0 Å². The summed E-state index contributed by atoms with van der Waals surface area (Å²) in [5.41, 5.74) is -0.740. The van der Waals surface area contributed by atoms with Crippen LogP contribution in [0.25, 0.3) is 6.08 Å². The van der Waals surface area contributed by atoms with Crippen LogP contribution < -0.4 is 9.47 Å². The highest BCUT2D eigenvalue weighted by atomic mass is 19.4. The minimum atomic E-state index is -4.95. The number of rotatable bonds is 3. The molecule has 1 aliphatic heterocycles. The van der Waals surface area contributed by atoms with E-state index < -0.39 is 35.5 Å². The summed E-state index contributed by atoms with van der Waals surface area (Å²) in [7, 11) is 0. The molecule has 2 aromatic carbocycles. The van der Waals surface area contributed by atoms with Crippen LogP contribution in [0.15, 0.2) is 35.9 Å². The van der Waals surface area contributed by atoms with Gasteiger partial charge in [-0.15, -0.1) is 0 Å². The Kier molecular flexibility index (Phi) is 4.54. The molecule has 9 heteroatoms. The third kappa shape index (κ3) is 3.57. The molecule has 0 saturated heterocycles. The van der Waals surface area contributed by atoms with Gasteiger partial charge < -0.3 is 14.6 Å². The van der Waals surface area contributed by atoms with Crippen LogP contribution in [0.3, 0.4) is 0 Å². The summed E-state index contributed by atoms with van der Waals surface area (Å²) in [5.74, 6) is -4.15. The number of fused-ring (bicyclic) bond motifs is 1. The van der Waals surface area contributed by atoms with Crippen molar-refractivity contribution >= 4 is 12.0 Å². The lowest BCUT2D eigenvalue weighted by Gasteiger charge is -2.28. The maximum atomic E-state index is 13.7. The van der Waals surface area contributed by atoms with E-state index in [0.717, 1.165) is 18.2 Å². The Bertz CT molecular complexity index is 949. The molecule has 0 radical (unpaired) electrons. The first-order valence-electron chi connectivity index (χ1n) is 7.52. The molecule has 0 aromatic heterocycles. The van der Waals surface area contributed by atoms with Crippen molar-refractivity contribution in [1.29, 1.82) is 0 Å². The van der Waals surface area contributed by atoms with E-state index in [-0.39, 0.29) is 28.4 Å². The molecule has 0 spiro atoms. The maximum Gasteiger partial charge on any atom is 0.430 e. The van der Waals surface area contributed by atoms with Gasteiger partial charge in [0, 0.05) is 17.2 Å². The Morgan fingerprint density at radius 3 is 2.41 bits per heavy atom. The van der Waals surface area contributed by atoms with E-state index in [2.05, 4.69) is 0 Å². The van der Waals surface area contributed by atoms with Crippen LogP contribution in [0.1, 0.15) is 11.1 Å². The summed E-state index contributed by atoms with van der Waals surface area (Å²) < 4.78 is 76.5. The van der Waals surface area contributed by atoms with Crippen LogP contribution in [-0.2, 0) is 4.79 Å². The lowest BCUT2D eigenvalue weighted by Crippen LogP contribution is -2.40. The van der Waals surface area contributed by atoms with E-state index in [1.54, 1.807) is 0 Å². The molecule has 3 rings (SSSR count). The molecule has 0 saturated carbocycles. The van der Waals surface area contributed by atoms with Crippen LogP contribution in [0.2, 0.25) is 0 Å². The second-order valence-corrected chi connectivity index (χ2v) is 5.73. The molecule has 0 aliphatic carbocycles. The average Bonchev–Trinajstić information content (AvgIpc) is 2.57. The highest BCUT2D eigenvalue weighted by Crippen LogP contribution is 2.42. The SMILES string of the molecule is Cc1c(Oc2ccc(F)cc2F)ccc2c1OC(C(F)(F)F)C(C(=O)O)=C2. The minimum Gasteiger partial charge on any atom is -0.478 e. The summed E-state index contributed by atoms with van der Waals surface area (Å²) in [6, 6.07) is 5.20. The zero-order chi connectivity index (χ0) is 19.9. The number of aliphatic carboxylic acids is 1. The molecule has 4 nitrogen and oxygen atoms in total. The fourth-order valence-electron chi connectivity index (χ4n) is 2.59. The number of hydrogen-bond donors (Lipinski definition) is 1. The van der Waals surface area contributed by atoms with Crippen LogP contribution in [0, 0.1) is 18.6 Å². The van der Waals surface area contributed by atoms with E-state index in [4.69, 9.17) is 14.6 Å². The number of ether oxygens (including phenoxy) is 2. The summed E-state index contributed by atoms with van der Waals surface area (Å²) in [5, 5.41) is 9.02. The van der Waals surface area contributed by atoms with Gasteiger partial charge in [-0.2, -0.15) is 13.2 Å². The number of halogens is 5. The van der Waals surface area contributed by atoms with Crippen molar-refractivity contribution < 1.29 is 41.3 Å². The number of hydrogen-bond acceptors (Lipinski definition) is 3. The highest BCUT2D eigenvalue weighted by Gasteiger charge is 2.48. The first kappa shape index (κ1) is 18.7. The van der Waals surface area contributed by atoms with Crippen molar-refractivity contribution in [2.24, 2.45) is 0 Å². The van der Waals surface area contributed by atoms with Gasteiger partial charge >= 0.3 is 12.1 Å². The highest BCUT2D eigenvalue weighted by molar-refractivity contribution is 5.95. The summed E-state index contributed by atoms with van der Waals surface area (Å²) >= 11 is 0. The predicted octanol–water partition coefficient (Wildman–Crippen LogP) is 4.86. The number of alkyl halides is 3. The molecule has 27 heavy (non-hydrogen) atoms. The fourth-order valence-corrected chi connectivity index (χ4v) is 2.59. The number of carboxylic acids is 1. The molecule has 0 amide bonds. The number of carbonyl (C=O) groups is 1. The largest absolute Gasteiger partial charge is 0.478 e. The number of carboxylic acid groups (broad SMARTS) is 1. The Hall–Kier alpha value is -3.10. The third-order valence-corrected chi connectivity index (χ3v) is 3.87. The maximum absolute atomic E-state index is 13.7. The van der Waals surface area contributed by atoms with Crippen LogP contribution in [0.5, 0.6) is 17.2 Å². The quantitative estimate of drug-likeness (QED) is 0.766. The monoisotopic (exact) mass is 386 g/mol. The van der Waals surface area contributed by atoms with Gasteiger partial charge in [0.25, 0.3) is 0 Å². The Morgan fingerprint density at radius 2 is 1.81 bits per heavy atom. The van der Waals surface area contributed by atoms with Crippen LogP contribution in [0.4, 0.5) is 22.0 Å². The molecule has 2 aromatic rings. The number of benzene rings is 2. The molecule has 0 fully saturated rings. The first-order chi connectivity index (χ1) is 12.6. The van der Waals surface area contributed by atoms with Gasteiger partial charge in [-0.1, -0.05) is 0 Å². The standard InChI is InChI=1S/C18H11F5O4/c1-8-13(26-14-5-3-10(19)7-12(14)20)4-2-9-6-11(17(24)25)16(18(21,22)23)27-15(8)9/h2-7,16H,1H3,(H,24,25). The van der Waals surface area contributed by atoms with Gasteiger partial charge in [0.1, 0.15) is 17.3 Å². The van der Waals surface area contributed by atoms with Crippen LogP contribution >= 0.6 is 0 Å². The Morgan fingerprint density at radius 1 is 1.15 bits per heavy atom. The third-order valence-electron chi connectivity index (χ3n) is 3.87. The van der Waals surface area contributed by atoms with E-state index in [1.165, 1.54) is 19.1 Å². The molecule has 1 N–H and O–H groups in total. The van der Waals surface area contributed by atoms with Gasteiger partial charge in [0.05, 0.1) is 5.57 Å². The zero-order valence-corrected chi connectivity index (χ0v) is 13.6. The Balaban J connectivity index is 2.03. The lowest BCUT2D eigenvalue weighted by molar-refractivity contribution is -0.187. The van der Waals surface area contributed by atoms with Crippen molar-refractivity contribution in [3.8, 4) is 17.2 Å². The lowest BCUT2D eigenvalue weighted by atomic mass is 9.99. The second-order valence-electron chi connectivity index (χ2n) is 5.73. The van der Waals surface area contributed by atoms with E-state index >= 15 is 0 Å². The zero-order valence-electron chi connectivity index (χ0n) is 13.6. The molecule has 1 aliphatic rings. The van der Waals surface area contributed by atoms with E-state index in [9.17, 15) is 26.7 Å². The molecule has 1 unspecified atom stereocenters. The second kappa shape index (κ2) is 6.57. The average molecular weight is 386 g/mol. The van der Waals surface area contributed by atoms with Crippen molar-refractivity contribution in [2.75, 3.05) is 0 Å². The van der Waals surface area contributed by atoms with Crippen molar-refractivity contribution in [1.82, 2.24) is 0 Å². The van der Waals surface area contributed by atoms with Gasteiger partial charge in [0.2, 0.25) is 6.10 Å². The van der Waals surface area contributed by atoms with E-state index in [0.29, 0.717) is 6.07 Å². The Labute approximate surface area is 149 Å². The molecular formula is C18H11F5O4. The van der Waals surface area contributed by atoms with Gasteiger partial charge in [-0.25, -0.2) is 13.6 Å². The molecule has 1 atom stereocenters. The summed E-state index contributed by atoms with van der Waals surface area (Å²) in [6.45, 7) is 1.38. The van der Waals surface area contributed by atoms with Crippen molar-refractivity contribution in [3.63, 3.8) is 0 Å². The topological polar surface area (TPSA) is 55.8 Å². The van der Waals surface area contributed by atoms with Gasteiger partial charge in [-0.05, 0) is 37.3 Å². The van der Waals surface area contributed by atoms with E-state index in [1.807, 2.05) is 0 Å². The fraction of sp³-hybridized carbons (Fsp3) is 0.167. The van der Waals surface area contributed by atoms with Crippen LogP contribution in [-0.4, -0.2) is 23.4 Å². The smallest absolute Gasteiger partial charge is 0.430 e. The predicted molar refractivity (Wildman–Crippen MR) is 83.7 cm³/mol. The van der Waals surface area contributed by atoms with Gasteiger partial charge in [0.15, 0.2) is 11.6 Å². The molecule has 142 valence electrons. The molecular weight excluding hydrogens is 375 g/mol. The summed E-state index contributed by atoms with van der Waals surface area (Å²) in [6.07, 6.45) is -6.73. The molecule has 1 heterocycles. The van der Waals surface area contributed by atoms with Crippen molar-refractivity contribution in [2.45, 2.75) is 19.2 Å². The first-order valence-corrected chi connectivity index (χ1v) is 7.52. The minimum absolute atomic E-state index is 0.0210.